The van der Waals surface area contributed by atoms with Crippen LogP contribution in [-0.4, -0.2) is 29.3 Å². The van der Waals surface area contributed by atoms with Crippen molar-refractivity contribution in [3.8, 4) is 0 Å². The molecule has 0 aromatic carbocycles. The highest BCUT2D eigenvalue weighted by Crippen LogP contribution is 2.12. The second kappa shape index (κ2) is 15.8. The van der Waals surface area contributed by atoms with E-state index in [1.54, 1.807) is 11.8 Å². The van der Waals surface area contributed by atoms with Gasteiger partial charge in [-0.05, 0) is 18.6 Å². The molecule has 0 aromatic heterocycles. The van der Waals surface area contributed by atoms with Crippen molar-refractivity contribution in [3.63, 3.8) is 0 Å². The number of rotatable bonds is 15. The summed E-state index contributed by atoms with van der Waals surface area (Å²) < 4.78 is 11.8. The molecule has 0 radical (unpaired) electrons. The lowest BCUT2D eigenvalue weighted by Gasteiger charge is -2.02. The first-order valence-corrected chi connectivity index (χ1v) is 8.78. The van der Waals surface area contributed by atoms with Gasteiger partial charge >= 0.3 is 5.97 Å². The maximum Gasteiger partial charge on any atom is 0.304 e. The minimum Gasteiger partial charge on any atom is -0.481 e. The number of halogens is 1. The fourth-order valence-electron chi connectivity index (χ4n) is 1.97. The molecule has 114 valence electrons. The molecule has 0 aromatic rings. The van der Waals surface area contributed by atoms with Gasteiger partial charge in [0.15, 0.2) is 0 Å². The maximum atomic E-state index is 11.8. The third-order valence-corrected chi connectivity index (χ3v) is 4.20. The number of alkyl halides is 1. The molecule has 0 saturated heterocycles. The molecule has 0 fully saturated rings. The predicted octanol–water partition coefficient (Wildman–Crippen LogP) is 5.06. The quantitative estimate of drug-likeness (QED) is 0.428. The van der Waals surface area contributed by atoms with Crippen LogP contribution in [0.2, 0.25) is 0 Å². The number of carbonyl (C=O) groups is 1. The van der Waals surface area contributed by atoms with Crippen molar-refractivity contribution in [3.05, 3.63) is 0 Å². The highest BCUT2D eigenvalue weighted by atomic mass is 32.2. The zero-order valence-electron chi connectivity index (χ0n) is 12.0. The van der Waals surface area contributed by atoms with E-state index in [0.29, 0.717) is 0 Å². The van der Waals surface area contributed by atoms with E-state index in [1.807, 2.05) is 0 Å². The minimum absolute atomic E-state index is 0.162. The van der Waals surface area contributed by atoms with Crippen molar-refractivity contribution in [2.45, 2.75) is 70.6 Å². The van der Waals surface area contributed by atoms with E-state index < -0.39 is 5.97 Å². The second-order valence-corrected chi connectivity index (χ2v) is 6.21. The lowest BCUT2D eigenvalue weighted by atomic mass is 10.1. The highest BCUT2D eigenvalue weighted by molar-refractivity contribution is 7.99. The molecule has 1 N–H and O–H groups in total. The molecule has 0 aliphatic carbocycles. The Morgan fingerprint density at radius 3 is 1.74 bits per heavy atom. The van der Waals surface area contributed by atoms with Gasteiger partial charge in [0.25, 0.3) is 0 Å². The monoisotopic (exact) mass is 291 g/mol. The highest BCUT2D eigenvalue weighted by Gasteiger charge is 1.97. The number of hydrogen-bond donors (Lipinski definition) is 1. The largest absolute Gasteiger partial charge is 0.481 e. The number of carboxylic acids is 1. The first-order valence-electron chi connectivity index (χ1n) is 7.63. The van der Waals surface area contributed by atoms with Crippen LogP contribution in [0.5, 0.6) is 0 Å². The first kappa shape index (κ1) is 18.8. The average Bonchev–Trinajstić information content (AvgIpc) is 2.39. The van der Waals surface area contributed by atoms with E-state index >= 15 is 0 Å². The Morgan fingerprint density at radius 2 is 1.26 bits per heavy atom. The predicted molar refractivity (Wildman–Crippen MR) is 81.7 cm³/mol. The van der Waals surface area contributed by atoms with Gasteiger partial charge in [-0.1, -0.05) is 51.4 Å². The van der Waals surface area contributed by atoms with Crippen LogP contribution in [0.25, 0.3) is 0 Å². The standard InChI is InChI=1S/C15H29FO2S/c16-12-9-7-5-3-1-2-4-6-8-10-13-19-14-11-15(17)18/h1-14H2,(H,17,18)/i16-1. The van der Waals surface area contributed by atoms with Gasteiger partial charge in [0, 0.05) is 5.75 Å². The number of aliphatic carboxylic acids is 1. The lowest BCUT2D eigenvalue weighted by molar-refractivity contribution is -0.136. The normalized spacial score (nSPS) is 10.8. The van der Waals surface area contributed by atoms with Crippen LogP contribution in [0.4, 0.5) is 4.39 Å². The lowest BCUT2D eigenvalue weighted by Crippen LogP contribution is -1.96. The van der Waals surface area contributed by atoms with Gasteiger partial charge < -0.3 is 5.11 Å². The van der Waals surface area contributed by atoms with E-state index in [9.17, 15) is 9.18 Å². The Morgan fingerprint density at radius 1 is 0.789 bits per heavy atom. The number of hydrogen-bond acceptors (Lipinski definition) is 2. The van der Waals surface area contributed by atoms with Crippen LogP contribution in [0.1, 0.15) is 70.6 Å². The molecule has 4 heteroatoms. The van der Waals surface area contributed by atoms with Crippen LogP contribution in [-0.2, 0) is 4.79 Å². The van der Waals surface area contributed by atoms with Gasteiger partial charge in [0.1, 0.15) is 0 Å². The molecule has 2 nitrogen and oxygen atoms in total. The summed E-state index contributed by atoms with van der Waals surface area (Å²) in [6.45, 7) is -0.162. The van der Waals surface area contributed by atoms with E-state index in [2.05, 4.69) is 0 Å². The van der Waals surface area contributed by atoms with E-state index in [1.165, 1.54) is 51.4 Å². The third kappa shape index (κ3) is 17.8. The summed E-state index contributed by atoms with van der Waals surface area (Å²) in [5.41, 5.74) is 0. The fraction of sp³-hybridized carbons (Fsp3) is 0.933. The smallest absolute Gasteiger partial charge is 0.304 e. The third-order valence-electron chi connectivity index (χ3n) is 3.13. The number of carboxylic acid groups (broad SMARTS) is 1. The minimum atomic E-state index is -0.695. The van der Waals surface area contributed by atoms with Crippen molar-refractivity contribution >= 4 is 17.7 Å². The molecule has 0 rings (SSSR count). The van der Waals surface area contributed by atoms with Crippen molar-refractivity contribution in [2.24, 2.45) is 0 Å². The van der Waals surface area contributed by atoms with E-state index in [0.717, 1.165) is 24.3 Å². The van der Waals surface area contributed by atoms with Gasteiger partial charge in [-0.15, -0.1) is 0 Å². The molecule has 0 spiro atoms. The topological polar surface area (TPSA) is 37.3 Å². The molecule has 0 unspecified atom stereocenters. The summed E-state index contributed by atoms with van der Waals surface area (Å²) >= 11 is 1.75. The summed E-state index contributed by atoms with van der Waals surface area (Å²) in [5, 5.41) is 8.47. The van der Waals surface area contributed by atoms with Crippen molar-refractivity contribution in [1.29, 1.82) is 0 Å². The fourth-order valence-corrected chi connectivity index (χ4v) is 2.91. The van der Waals surface area contributed by atoms with Crippen LogP contribution in [0.15, 0.2) is 0 Å². The molecular formula is C15H29FO2S. The van der Waals surface area contributed by atoms with Crippen molar-refractivity contribution < 1.29 is 14.3 Å². The van der Waals surface area contributed by atoms with Crippen LogP contribution in [0.3, 0.4) is 0 Å². The van der Waals surface area contributed by atoms with Gasteiger partial charge in [-0.3, -0.25) is 9.18 Å². The van der Waals surface area contributed by atoms with E-state index in [4.69, 9.17) is 5.11 Å². The van der Waals surface area contributed by atoms with Crippen molar-refractivity contribution in [1.82, 2.24) is 0 Å². The maximum absolute atomic E-state index is 11.8. The Balaban J connectivity index is 2.93. The Hall–Kier alpha value is -0.250. The van der Waals surface area contributed by atoms with Crippen LogP contribution in [0, 0.1) is 0 Å². The summed E-state index contributed by atoms with van der Waals surface area (Å²) in [7, 11) is 0. The van der Waals surface area contributed by atoms with Gasteiger partial charge in [-0.25, -0.2) is 0 Å². The number of thioether (sulfide) groups is 1. The molecule has 0 aliphatic rings. The SMILES string of the molecule is O=C(O)CCSCCCCCCCCCCCC[18F]. The van der Waals surface area contributed by atoms with Gasteiger partial charge in [-0.2, -0.15) is 11.8 Å². The van der Waals surface area contributed by atoms with Crippen LogP contribution >= 0.6 is 11.8 Å². The molecule has 0 bridgehead atoms. The molecule has 19 heavy (non-hydrogen) atoms. The molecule has 0 atom stereocenters. The molecular weight excluding hydrogens is 262 g/mol. The molecule has 0 saturated carbocycles. The van der Waals surface area contributed by atoms with Gasteiger partial charge in [0.05, 0.1) is 13.1 Å². The Bertz CT molecular complexity index is 201. The van der Waals surface area contributed by atoms with Gasteiger partial charge in [0.2, 0.25) is 0 Å². The zero-order chi connectivity index (χ0) is 14.2. The first-order chi connectivity index (χ1) is 9.27. The molecule has 0 heterocycles. The Kier molecular flexibility index (Phi) is 15.6. The van der Waals surface area contributed by atoms with Crippen LogP contribution < -0.4 is 0 Å². The van der Waals surface area contributed by atoms with E-state index in [-0.39, 0.29) is 13.1 Å². The summed E-state index contributed by atoms with van der Waals surface area (Å²) in [6.07, 6.45) is 12.2. The zero-order valence-corrected chi connectivity index (χ0v) is 12.9. The summed E-state index contributed by atoms with van der Waals surface area (Å²) in [6, 6.07) is 0. The average molecular weight is 291 g/mol. The molecule has 0 aliphatic heterocycles. The number of unbranched alkanes of at least 4 members (excludes halogenated alkanes) is 9. The second-order valence-electron chi connectivity index (χ2n) is 4.98. The summed E-state index contributed by atoms with van der Waals surface area (Å²) in [5.74, 6) is 1.14. The molecule has 0 amide bonds. The summed E-state index contributed by atoms with van der Waals surface area (Å²) in [4.78, 5) is 10.3. The van der Waals surface area contributed by atoms with Crippen molar-refractivity contribution in [2.75, 3.05) is 18.2 Å². The Labute approximate surface area is 121 Å².